The zero-order chi connectivity index (χ0) is 19.2. The fourth-order valence-electron chi connectivity index (χ4n) is 4.09. The number of fused-ring (bicyclic) bond motifs is 2. The van der Waals surface area contributed by atoms with E-state index in [0.29, 0.717) is 19.1 Å². The molecule has 0 atom stereocenters. The van der Waals surface area contributed by atoms with Gasteiger partial charge in [0.25, 0.3) is 5.91 Å². The summed E-state index contributed by atoms with van der Waals surface area (Å²) >= 11 is 0. The second kappa shape index (κ2) is 6.43. The van der Waals surface area contributed by atoms with Crippen LogP contribution in [0.1, 0.15) is 62.4 Å². The van der Waals surface area contributed by atoms with Gasteiger partial charge in [-0.2, -0.15) is 0 Å². The first-order valence-electron chi connectivity index (χ1n) is 9.93. The van der Waals surface area contributed by atoms with Crippen LogP contribution in [0.15, 0.2) is 18.2 Å². The molecule has 6 heteroatoms. The highest BCUT2D eigenvalue weighted by Crippen LogP contribution is 2.50. The third-order valence-electron chi connectivity index (χ3n) is 5.79. The molecule has 2 fully saturated rings. The van der Waals surface area contributed by atoms with Gasteiger partial charge >= 0.3 is 6.09 Å². The number of ether oxygens (including phenoxy) is 1. The minimum absolute atomic E-state index is 0.0333. The van der Waals surface area contributed by atoms with Crippen LogP contribution < -0.4 is 10.6 Å². The number of anilines is 1. The van der Waals surface area contributed by atoms with Crippen molar-refractivity contribution in [1.82, 2.24) is 10.2 Å². The Morgan fingerprint density at radius 3 is 2.59 bits per heavy atom. The topological polar surface area (TPSA) is 70.7 Å². The molecule has 3 aliphatic rings. The number of benzene rings is 1. The number of hydrogen-bond donors (Lipinski definition) is 2. The molecule has 1 aromatic rings. The molecular formula is C21H29N3O3. The Balaban J connectivity index is 1.37. The molecule has 2 aliphatic heterocycles. The standard InChI is InChI=1S/C21H29N3O3/c1-20(2,3)27-19(26)24-10-6-14(7-11-24)23-15-4-5-17-16(12-15)18(25)22-13-21(17)8-9-21/h4-5,12,14,23H,6-11,13H2,1-3H3,(H,22,25). The number of carbonyl (C=O) groups is 2. The van der Waals surface area contributed by atoms with Crippen molar-refractivity contribution in [2.45, 2.75) is 63.5 Å². The SMILES string of the molecule is CC(C)(C)OC(=O)N1CCC(Nc2ccc3c(c2)C(=O)NCC32CC2)CC1. The van der Waals surface area contributed by atoms with Crippen molar-refractivity contribution in [1.29, 1.82) is 0 Å². The van der Waals surface area contributed by atoms with Gasteiger partial charge in [-0.15, -0.1) is 0 Å². The average Bonchev–Trinajstić information content (AvgIpc) is 3.38. The predicted octanol–water partition coefficient (Wildman–Crippen LogP) is 3.27. The van der Waals surface area contributed by atoms with Crippen LogP contribution in [0.25, 0.3) is 0 Å². The fourth-order valence-corrected chi connectivity index (χ4v) is 4.09. The second-order valence-corrected chi connectivity index (χ2v) is 9.11. The highest BCUT2D eigenvalue weighted by Gasteiger charge is 2.48. The van der Waals surface area contributed by atoms with Crippen LogP contribution in [0.3, 0.4) is 0 Å². The number of nitrogens with one attached hydrogen (secondary N) is 2. The molecule has 0 aromatic heterocycles. The van der Waals surface area contributed by atoms with E-state index < -0.39 is 5.60 Å². The fraction of sp³-hybridized carbons (Fsp3) is 0.619. The van der Waals surface area contributed by atoms with Crippen molar-refractivity contribution >= 4 is 17.7 Å². The normalized spacial score (nSPS) is 21.4. The van der Waals surface area contributed by atoms with Crippen molar-refractivity contribution < 1.29 is 14.3 Å². The van der Waals surface area contributed by atoms with Gasteiger partial charge in [-0.05, 0) is 64.2 Å². The van der Waals surface area contributed by atoms with Crippen molar-refractivity contribution in [2.75, 3.05) is 25.0 Å². The zero-order valence-electron chi connectivity index (χ0n) is 16.4. The molecule has 1 spiro atoms. The van der Waals surface area contributed by atoms with Gasteiger partial charge < -0.3 is 20.3 Å². The molecule has 2 heterocycles. The predicted molar refractivity (Wildman–Crippen MR) is 104 cm³/mol. The Hall–Kier alpha value is -2.24. The van der Waals surface area contributed by atoms with Crippen molar-refractivity contribution in [2.24, 2.45) is 0 Å². The second-order valence-electron chi connectivity index (χ2n) is 9.11. The lowest BCUT2D eigenvalue weighted by molar-refractivity contribution is 0.0210. The first-order chi connectivity index (χ1) is 12.8. The summed E-state index contributed by atoms with van der Waals surface area (Å²) in [5.41, 5.74) is 2.74. The maximum atomic E-state index is 12.3. The first kappa shape index (κ1) is 18.1. The molecular weight excluding hydrogens is 342 g/mol. The van der Waals surface area contributed by atoms with Crippen LogP contribution in [0.5, 0.6) is 0 Å². The van der Waals surface area contributed by atoms with Gasteiger partial charge in [0.2, 0.25) is 0 Å². The number of carbonyl (C=O) groups excluding carboxylic acids is 2. The molecule has 0 unspecified atom stereocenters. The number of hydrogen-bond acceptors (Lipinski definition) is 4. The monoisotopic (exact) mass is 371 g/mol. The molecule has 1 saturated carbocycles. The van der Waals surface area contributed by atoms with Crippen LogP contribution in [0, 0.1) is 0 Å². The lowest BCUT2D eigenvalue weighted by atomic mass is 9.87. The van der Waals surface area contributed by atoms with Crippen LogP contribution in [0.2, 0.25) is 0 Å². The van der Waals surface area contributed by atoms with Crippen molar-refractivity contribution in [3.05, 3.63) is 29.3 Å². The van der Waals surface area contributed by atoms with Gasteiger partial charge in [-0.25, -0.2) is 4.79 Å². The summed E-state index contributed by atoms with van der Waals surface area (Å²) in [5, 5.41) is 6.58. The summed E-state index contributed by atoms with van der Waals surface area (Å²) in [5.74, 6) is 0.0333. The van der Waals surface area contributed by atoms with Gasteiger partial charge in [0.1, 0.15) is 5.60 Å². The third kappa shape index (κ3) is 3.75. The summed E-state index contributed by atoms with van der Waals surface area (Å²) in [4.78, 5) is 26.2. The van der Waals surface area contributed by atoms with Gasteiger partial charge in [-0.3, -0.25) is 4.79 Å². The van der Waals surface area contributed by atoms with Gasteiger partial charge in [0, 0.05) is 42.3 Å². The quantitative estimate of drug-likeness (QED) is 0.837. The van der Waals surface area contributed by atoms with E-state index in [4.69, 9.17) is 4.74 Å². The van der Waals surface area contributed by atoms with E-state index in [0.717, 1.165) is 43.5 Å². The molecule has 4 rings (SSSR count). The third-order valence-corrected chi connectivity index (χ3v) is 5.79. The Morgan fingerprint density at radius 2 is 1.96 bits per heavy atom. The van der Waals surface area contributed by atoms with Crippen LogP contribution >= 0.6 is 0 Å². The number of rotatable bonds is 2. The average molecular weight is 371 g/mol. The number of amides is 2. The minimum Gasteiger partial charge on any atom is -0.444 e. The summed E-state index contributed by atoms with van der Waals surface area (Å²) in [7, 11) is 0. The lowest BCUT2D eigenvalue weighted by Gasteiger charge is -2.34. The van der Waals surface area contributed by atoms with E-state index >= 15 is 0 Å². The Kier molecular flexibility index (Phi) is 4.32. The smallest absolute Gasteiger partial charge is 0.410 e. The molecule has 2 amide bonds. The van der Waals surface area contributed by atoms with Crippen LogP contribution in [-0.2, 0) is 10.2 Å². The summed E-state index contributed by atoms with van der Waals surface area (Å²) in [6, 6.07) is 6.50. The van der Waals surface area contributed by atoms with Crippen LogP contribution in [0.4, 0.5) is 10.5 Å². The molecule has 1 aromatic carbocycles. The van der Waals surface area contributed by atoms with E-state index in [1.54, 1.807) is 4.90 Å². The lowest BCUT2D eigenvalue weighted by Crippen LogP contribution is -2.44. The van der Waals surface area contributed by atoms with E-state index in [-0.39, 0.29) is 17.4 Å². The summed E-state index contributed by atoms with van der Waals surface area (Å²) in [6.45, 7) is 7.79. The van der Waals surface area contributed by atoms with Gasteiger partial charge in [0.05, 0.1) is 0 Å². The zero-order valence-corrected chi connectivity index (χ0v) is 16.4. The first-order valence-corrected chi connectivity index (χ1v) is 9.93. The van der Waals surface area contributed by atoms with Crippen LogP contribution in [-0.4, -0.2) is 48.2 Å². The Labute approximate surface area is 160 Å². The molecule has 27 heavy (non-hydrogen) atoms. The summed E-state index contributed by atoms with van der Waals surface area (Å²) in [6.07, 6.45) is 3.83. The number of piperidine rings is 1. The van der Waals surface area contributed by atoms with E-state index in [9.17, 15) is 9.59 Å². The minimum atomic E-state index is -0.463. The summed E-state index contributed by atoms with van der Waals surface area (Å²) < 4.78 is 5.45. The van der Waals surface area contributed by atoms with Gasteiger partial charge in [-0.1, -0.05) is 6.07 Å². The Bertz CT molecular complexity index is 756. The number of likely N-dealkylation sites (tertiary alicyclic amines) is 1. The number of nitrogens with zero attached hydrogens (tertiary/aromatic N) is 1. The van der Waals surface area contributed by atoms with Crippen molar-refractivity contribution in [3.63, 3.8) is 0 Å². The largest absolute Gasteiger partial charge is 0.444 e. The highest BCUT2D eigenvalue weighted by atomic mass is 16.6. The maximum Gasteiger partial charge on any atom is 0.410 e. The molecule has 0 radical (unpaired) electrons. The molecule has 146 valence electrons. The Morgan fingerprint density at radius 1 is 1.26 bits per heavy atom. The molecule has 1 saturated heterocycles. The van der Waals surface area contributed by atoms with Crippen molar-refractivity contribution in [3.8, 4) is 0 Å². The molecule has 0 bridgehead atoms. The highest BCUT2D eigenvalue weighted by molar-refractivity contribution is 5.98. The molecule has 1 aliphatic carbocycles. The van der Waals surface area contributed by atoms with E-state index in [2.05, 4.69) is 22.8 Å². The van der Waals surface area contributed by atoms with E-state index in [1.807, 2.05) is 26.8 Å². The van der Waals surface area contributed by atoms with Gasteiger partial charge in [0.15, 0.2) is 0 Å². The van der Waals surface area contributed by atoms with E-state index in [1.165, 1.54) is 5.56 Å². The molecule has 2 N–H and O–H groups in total. The molecule has 6 nitrogen and oxygen atoms in total. The maximum absolute atomic E-state index is 12.3.